The molecule has 3 heterocycles. The zero-order valence-corrected chi connectivity index (χ0v) is 25.0. The van der Waals surface area contributed by atoms with Gasteiger partial charge in [0.1, 0.15) is 18.1 Å². The molecule has 3 aliphatic heterocycles. The first kappa shape index (κ1) is 29.3. The van der Waals surface area contributed by atoms with Crippen molar-refractivity contribution in [3.8, 4) is 11.5 Å². The van der Waals surface area contributed by atoms with Crippen molar-refractivity contribution in [1.82, 2.24) is 9.80 Å². The van der Waals surface area contributed by atoms with E-state index in [0.717, 1.165) is 68.8 Å². The molecule has 2 aromatic rings. The maximum atomic E-state index is 13.9. The molecule has 3 aliphatic rings. The number of anilines is 1. The van der Waals surface area contributed by atoms with Crippen molar-refractivity contribution in [1.29, 1.82) is 0 Å². The molecule has 0 radical (unpaired) electrons. The molecule has 0 atom stereocenters. The van der Waals surface area contributed by atoms with E-state index in [1.807, 2.05) is 47.2 Å². The Morgan fingerprint density at radius 3 is 2.49 bits per heavy atom. The molecule has 0 saturated carbocycles. The summed E-state index contributed by atoms with van der Waals surface area (Å²) in [6.07, 6.45) is 9.77. The monoisotopic (exact) mass is 561 g/mol. The van der Waals surface area contributed by atoms with Gasteiger partial charge in [-0.25, -0.2) is 0 Å². The Labute approximate surface area is 245 Å². The average Bonchev–Trinajstić information content (AvgIpc) is 3.55. The van der Waals surface area contributed by atoms with Gasteiger partial charge in [0.25, 0.3) is 5.91 Å². The lowest BCUT2D eigenvalue weighted by atomic mass is 9.73. The standard InChI is InChI=1S/C34H47N3O4/c1-3-24-40-31-15-14-28(26-29(31)36-19-9-10-20-36)32(38)37-21-17-34(18-22-37)16-8-4-5-11-27-12-6-7-13-30(27)41-25-23-35(2)33(34)39/h6-7,12-15,26H,3-5,8-11,16-25H2,1-2H3. The van der Waals surface area contributed by atoms with E-state index in [4.69, 9.17) is 9.47 Å². The van der Waals surface area contributed by atoms with E-state index in [9.17, 15) is 9.59 Å². The van der Waals surface area contributed by atoms with Crippen LogP contribution in [0.15, 0.2) is 42.5 Å². The first-order valence-electron chi connectivity index (χ1n) is 15.8. The summed E-state index contributed by atoms with van der Waals surface area (Å²) in [7, 11) is 1.90. The quantitative estimate of drug-likeness (QED) is 0.451. The number of carbonyl (C=O) groups is 2. The number of rotatable bonds is 5. The van der Waals surface area contributed by atoms with Crippen LogP contribution in [0, 0.1) is 5.41 Å². The number of hydrogen-bond acceptors (Lipinski definition) is 5. The van der Waals surface area contributed by atoms with Gasteiger partial charge in [-0.1, -0.05) is 38.0 Å². The van der Waals surface area contributed by atoms with Gasteiger partial charge in [0.05, 0.1) is 24.3 Å². The van der Waals surface area contributed by atoms with Crippen molar-refractivity contribution in [3.63, 3.8) is 0 Å². The molecule has 1 spiro atoms. The molecule has 7 nitrogen and oxygen atoms in total. The topological polar surface area (TPSA) is 62.3 Å². The van der Waals surface area contributed by atoms with E-state index < -0.39 is 5.41 Å². The Balaban J connectivity index is 1.26. The van der Waals surface area contributed by atoms with E-state index >= 15 is 0 Å². The number of carbonyl (C=O) groups excluding carboxylic acids is 2. The molecule has 0 aliphatic carbocycles. The molecule has 0 bridgehead atoms. The summed E-state index contributed by atoms with van der Waals surface area (Å²) in [5.41, 5.74) is 2.58. The number of amides is 2. The number of ether oxygens (including phenoxy) is 2. The Bertz CT molecular complexity index is 1180. The summed E-state index contributed by atoms with van der Waals surface area (Å²) < 4.78 is 12.2. The highest BCUT2D eigenvalue weighted by Gasteiger charge is 2.43. The van der Waals surface area contributed by atoms with Crippen molar-refractivity contribution >= 4 is 17.5 Å². The number of hydrogen-bond donors (Lipinski definition) is 0. The molecule has 2 saturated heterocycles. The smallest absolute Gasteiger partial charge is 0.253 e. The summed E-state index contributed by atoms with van der Waals surface area (Å²) >= 11 is 0. The number of para-hydroxylation sites is 1. The molecule has 7 heteroatoms. The lowest BCUT2D eigenvalue weighted by Gasteiger charge is -2.42. The van der Waals surface area contributed by atoms with Gasteiger partial charge in [-0.05, 0) is 81.2 Å². The molecular formula is C34H47N3O4. The van der Waals surface area contributed by atoms with Crippen LogP contribution in [-0.4, -0.2) is 74.6 Å². The molecule has 0 aromatic heterocycles. The fourth-order valence-electron chi connectivity index (χ4n) is 6.69. The summed E-state index contributed by atoms with van der Waals surface area (Å²) in [6, 6.07) is 14.2. The minimum absolute atomic E-state index is 0.0546. The van der Waals surface area contributed by atoms with Crippen LogP contribution in [0.1, 0.15) is 80.6 Å². The Kier molecular flexibility index (Phi) is 9.73. The van der Waals surface area contributed by atoms with Crippen LogP contribution in [0.2, 0.25) is 0 Å². The van der Waals surface area contributed by atoms with E-state index in [2.05, 4.69) is 24.0 Å². The highest BCUT2D eigenvalue weighted by Crippen LogP contribution is 2.40. The lowest BCUT2D eigenvalue weighted by molar-refractivity contribution is -0.144. The molecular weight excluding hydrogens is 514 g/mol. The lowest BCUT2D eigenvalue weighted by Crippen LogP contribution is -2.51. The van der Waals surface area contributed by atoms with E-state index in [-0.39, 0.29) is 11.8 Å². The number of likely N-dealkylation sites (N-methyl/N-ethyl adjacent to an activating group) is 1. The van der Waals surface area contributed by atoms with Gasteiger partial charge >= 0.3 is 0 Å². The highest BCUT2D eigenvalue weighted by molar-refractivity contribution is 5.96. The first-order valence-corrected chi connectivity index (χ1v) is 15.8. The van der Waals surface area contributed by atoms with Gasteiger partial charge < -0.3 is 24.2 Å². The van der Waals surface area contributed by atoms with Crippen LogP contribution in [0.4, 0.5) is 5.69 Å². The zero-order chi connectivity index (χ0) is 28.7. The molecule has 2 aromatic carbocycles. The maximum absolute atomic E-state index is 13.9. The zero-order valence-electron chi connectivity index (χ0n) is 25.0. The third kappa shape index (κ3) is 6.82. The van der Waals surface area contributed by atoms with Crippen LogP contribution in [0.3, 0.4) is 0 Å². The van der Waals surface area contributed by atoms with Crippen molar-refractivity contribution in [2.24, 2.45) is 5.41 Å². The number of benzene rings is 2. The second kappa shape index (κ2) is 13.6. The number of nitrogens with zero attached hydrogens (tertiary/aromatic N) is 3. The fraction of sp³-hybridized carbons (Fsp3) is 0.588. The SMILES string of the molecule is CCCOc1ccc(C(=O)N2CCC3(CCCCCc4ccccc4OCCN(C)C3=O)CC2)cc1N1CCCC1. The van der Waals surface area contributed by atoms with Crippen LogP contribution < -0.4 is 14.4 Å². The first-order chi connectivity index (χ1) is 20.0. The van der Waals surface area contributed by atoms with E-state index in [1.165, 1.54) is 18.4 Å². The predicted octanol–water partition coefficient (Wildman–Crippen LogP) is 5.95. The summed E-state index contributed by atoms with van der Waals surface area (Å²) in [4.78, 5) is 33.8. The minimum Gasteiger partial charge on any atom is -0.491 e. The second-order valence-electron chi connectivity index (χ2n) is 12.0. The summed E-state index contributed by atoms with van der Waals surface area (Å²) in [5, 5.41) is 0. The van der Waals surface area contributed by atoms with E-state index in [1.54, 1.807) is 0 Å². The number of likely N-dealkylation sites (tertiary alicyclic amines) is 1. The highest BCUT2D eigenvalue weighted by atomic mass is 16.5. The number of aryl methyl sites for hydroxylation is 1. The summed E-state index contributed by atoms with van der Waals surface area (Å²) in [5.74, 6) is 2.06. The van der Waals surface area contributed by atoms with Crippen LogP contribution >= 0.6 is 0 Å². The van der Waals surface area contributed by atoms with Gasteiger partial charge in [0, 0.05) is 38.8 Å². The van der Waals surface area contributed by atoms with Gasteiger partial charge in [-0.3, -0.25) is 9.59 Å². The normalized spacial score (nSPS) is 20.0. The third-order valence-electron chi connectivity index (χ3n) is 9.18. The van der Waals surface area contributed by atoms with Crippen molar-refractivity contribution in [2.45, 2.75) is 71.1 Å². The molecule has 5 rings (SSSR count). The van der Waals surface area contributed by atoms with Gasteiger partial charge in [0.15, 0.2) is 0 Å². The predicted molar refractivity (Wildman–Crippen MR) is 163 cm³/mol. The van der Waals surface area contributed by atoms with Crippen molar-refractivity contribution < 1.29 is 19.1 Å². The van der Waals surface area contributed by atoms with Gasteiger partial charge in [0.2, 0.25) is 5.91 Å². The maximum Gasteiger partial charge on any atom is 0.253 e. The Morgan fingerprint density at radius 1 is 0.927 bits per heavy atom. The Morgan fingerprint density at radius 2 is 1.71 bits per heavy atom. The average molecular weight is 562 g/mol. The molecule has 2 amide bonds. The Hall–Kier alpha value is -3.22. The molecule has 2 fully saturated rings. The van der Waals surface area contributed by atoms with Crippen molar-refractivity contribution in [3.05, 3.63) is 53.6 Å². The largest absolute Gasteiger partial charge is 0.491 e. The molecule has 0 unspecified atom stereocenters. The number of piperidine rings is 1. The van der Waals surface area contributed by atoms with Gasteiger partial charge in [-0.15, -0.1) is 0 Å². The van der Waals surface area contributed by atoms with Crippen LogP contribution in [0.5, 0.6) is 11.5 Å². The van der Waals surface area contributed by atoms with Gasteiger partial charge in [-0.2, -0.15) is 0 Å². The molecule has 0 N–H and O–H groups in total. The van der Waals surface area contributed by atoms with Crippen LogP contribution in [-0.2, 0) is 11.2 Å². The second-order valence-corrected chi connectivity index (χ2v) is 12.0. The van der Waals surface area contributed by atoms with Crippen LogP contribution in [0.25, 0.3) is 0 Å². The third-order valence-corrected chi connectivity index (χ3v) is 9.18. The molecule has 222 valence electrons. The minimum atomic E-state index is -0.412. The summed E-state index contributed by atoms with van der Waals surface area (Å²) in [6.45, 7) is 7.03. The fourth-order valence-corrected chi connectivity index (χ4v) is 6.69. The van der Waals surface area contributed by atoms with Crippen molar-refractivity contribution in [2.75, 3.05) is 57.9 Å². The number of fused-ring (bicyclic) bond motifs is 1. The van der Waals surface area contributed by atoms with E-state index in [0.29, 0.717) is 51.3 Å². The molecule has 41 heavy (non-hydrogen) atoms.